The molecular weight excluding hydrogens is 266 g/mol. The molecule has 0 radical (unpaired) electrons. The molecule has 2 unspecified atom stereocenters. The fraction of sp³-hybridized carbons (Fsp3) is 0.688. The van der Waals surface area contributed by atoms with Crippen molar-refractivity contribution < 1.29 is 9.47 Å². The van der Waals surface area contributed by atoms with Gasteiger partial charge in [0.2, 0.25) is 0 Å². The Balaban J connectivity index is 1.75. The number of nitrogens with one attached hydrogen (secondary N) is 1. The predicted octanol–water partition coefficient (Wildman–Crippen LogP) is 1.67. The second-order valence-electron chi connectivity index (χ2n) is 6.12. The van der Waals surface area contributed by atoms with Crippen molar-refractivity contribution in [2.24, 2.45) is 5.92 Å². The van der Waals surface area contributed by atoms with Gasteiger partial charge in [-0.1, -0.05) is 0 Å². The van der Waals surface area contributed by atoms with E-state index in [0.29, 0.717) is 12.1 Å². The van der Waals surface area contributed by atoms with Gasteiger partial charge in [0.05, 0.1) is 14.2 Å². The van der Waals surface area contributed by atoms with E-state index >= 15 is 0 Å². The summed E-state index contributed by atoms with van der Waals surface area (Å²) in [6, 6.07) is 2.99. The minimum absolute atomic E-state index is 0.512. The van der Waals surface area contributed by atoms with Gasteiger partial charge in [0, 0.05) is 44.0 Å². The zero-order chi connectivity index (χ0) is 14.8. The first kappa shape index (κ1) is 14.6. The molecule has 2 atom stereocenters. The van der Waals surface area contributed by atoms with Crippen LogP contribution < -0.4 is 14.8 Å². The Kier molecular flexibility index (Phi) is 4.31. The van der Waals surface area contributed by atoms with Crippen LogP contribution in [0.2, 0.25) is 0 Å². The van der Waals surface area contributed by atoms with Crippen molar-refractivity contribution in [3.05, 3.63) is 18.0 Å². The van der Waals surface area contributed by atoms with E-state index in [4.69, 9.17) is 9.47 Å². The van der Waals surface area contributed by atoms with Crippen LogP contribution in [0.4, 0.5) is 0 Å². The van der Waals surface area contributed by atoms with Crippen molar-refractivity contribution in [1.82, 2.24) is 15.2 Å². The molecule has 5 heteroatoms. The normalized spacial score (nSPS) is 26.6. The van der Waals surface area contributed by atoms with Crippen LogP contribution in [-0.2, 0) is 6.54 Å². The standard InChI is InChI=1S/C16H25N3O2/c1-11-8-18-13(12-4-5-12)9-19(11)10-14-16(21-3)15(20-2)6-7-17-14/h6-7,11-13,18H,4-5,8-10H2,1-3H3. The molecule has 1 saturated carbocycles. The number of pyridine rings is 1. The van der Waals surface area contributed by atoms with Gasteiger partial charge in [-0.2, -0.15) is 0 Å². The van der Waals surface area contributed by atoms with Crippen LogP contribution in [0.15, 0.2) is 12.3 Å². The molecule has 0 bridgehead atoms. The molecule has 2 fully saturated rings. The van der Waals surface area contributed by atoms with E-state index in [1.807, 2.05) is 6.07 Å². The molecule has 5 nitrogen and oxygen atoms in total. The van der Waals surface area contributed by atoms with Gasteiger partial charge in [-0.3, -0.25) is 9.88 Å². The predicted molar refractivity (Wildman–Crippen MR) is 81.7 cm³/mol. The average molecular weight is 291 g/mol. The topological polar surface area (TPSA) is 46.6 Å². The highest BCUT2D eigenvalue weighted by Gasteiger charge is 2.36. The second kappa shape index (κ2) is 6.20. The van der Waals surface area contributed by atoms with Gasteiger partial charge >= 0.3 is 0 Å². The fourth-order valence-electron chi connectivity index (χ4n) is 3.14. The molecule has 0 spiro atoms. The SMILES string of the molecule is COc1ccnc(CN2CC(C3CC3)NCC2C)c1OC. The summed E-state index contributed by atoms with van der Waals surface area (Å²) in [6.45, 7) is 5.22. The number of piperazine rings is 1. The number of rotatable bonds is 5. The number of methoxy groups -OCH3 is 2. The summed E-state index contributed by atoms with van der Waals surface area (Å²) in [7, 11) is 3.34. The van der Waals surface area contributed by atoms with Gasteiger partial charge in [0.1, 0.15) is 5.69 Å². The maximum Gasteiger partial charge on any atom is 0.183 e. The van der Waals surface area contributed by atoms with Crippen LogP contribution in [0.25, 0.3) is 0 Å². The first-order valence-corrected chi connectivity index (χ1v) is 7.76. The molecule has 1 aromatic heterocycles. The third-order valence-electron chi connectivity index (χ3n) is 4.64. The van der Waals surface area contributed by atoms with E-state index in [1.54, 1.807) is 20.4 Å². The van der Waals surface area contributed by atoms with Crippen LogP contribution in [0.1, 0.15) is 25.5 Å². The number of hydrogen-bond acceptors (Lipinski definition) is 5. The Morgan fingerprint density at radius 3 is 2.81 bits per heavy atom. The van der Waals surface area contributed by atoms with Gasteiger partial charge in [-0.05, 0) is 25.7 Å². The molecule has 1 aromatic rings. The van der Waals surface area contributed by atoms with E-state index in [-0.39, 0.29) is 0 Å². The summed E-state index contributed by atoms with van der Waals surface area (Å²) in [5.74, 6) is 2.39. The lowest BCUT2D eigenvalue weighted by Gasteiger charge is -2.39. The zero-order valence-corrected chi connectivity index (χ0v) is 13.1. The molecule has 1 aliphatic carbocycles. The van der Waals surface area contributed by atoms with E-state index in [9.17, 15) is 0 Å². The highest BCUT2D eigenvalue weighted by atomic mass is 16.5. The van der Waals surface area contributed by atoms with E-state index in [0.717, 1.165) is 42.7 Å². The summed E-state index contributed by atoms with van der Waals surface area (Å²) >= 11 is 0. The number of aromatic nitrogens is 1. The summed E-state index contributed by atoms with van der Waals surface area (Å²) < 4.78 is 10.9. The third-order valence-corrected chi connectivity index (χ3v) is 4.64. The van der Waals surface area contributed by atoms with Crippen molar-refractivity contribution in [2.75, 3.05) is 27.3 Å². The highest BCUT2D eigenvalue weighted by Crippen LogP contribution is 2.35. The lowest BCUT2D eigenvalue weighted by molar-refractivity contribution is 0.122. The number of nitrogens with zero attached hydrogens (tertiary/aromatic N) is 2. The molecule has 1 saturated heterocycles. The van der Waals surface area contributed by atoms with Crippen LogP contribution in [0.3, 0.4) is 0 Å². The van der Waals surface area contributed by atoms with E-state index in [1.165, 1.54) is 12.8 Å². The molecule has 116 valence electrons. The molecule has 21 heavy (non-hydrogen) atoms. The Bertz CT molecular complexity index is 490. The highest BCUT2D eigenvalue weighted by molar-refractivity contribution is 5.42. The van der Waals surface area contributed by atoms with Crippen LogP contribution in [-0.4, -0.2) is 49.3 Å². The smallest absolute Gasteiger partial charge is 0.183 e. The van der Waals surface area contributed by atoms with Crippen molar-refractivity contribution in [3.8, 4) is 11.5 Å². The first-order chi connectivity index (χ1) is 10.2. The molecule has 3 rings (SSSR count). The lowest BCUT2D eigenvalue weighted by Crippen LogP contribution is -2.55. The van der Waals surface area contributed by atoms with E-state index in [2.05, 4.69) is 22.1 Å². The average Bonchev–Trinajstić information content (AvgIpc) is 3.34. The molecular formula is C16H25N3O2. The Morgan fingerprint density at radius 1 is 1.33 bits per heavy atom. The van der Waals surface area contributed by atoms with Gasteiger partial charge in [0.25, 0.3) is 0 Å². The summed E-state index contributed by atoms with van der Waals surface area (Å²) in [5, 5.41) is 3.68. The van der Waals surface area contributed by atoms with Gasteiger partial charge < -0.3 is 14.8 Å². The summed E-state index contributed by atoms with van der Waals surface area (Å²) in [4.78, 5) is 7.01. The van der Waals surface area contributed by atoms with Crippen molar-refractivity contribution in [2.45, 2.75) is 38.4 Å². The quantitative estimate of drug-likeness (QED) is 0.894. The van der Waals surface area contributed by atoms with E-state index < -0.39 is 0 Å². The first-order valence-electron chi connectivity index (χ1n) is 7.76. The fourth-order valence-corrected chi connectivity index (χ4v) is 3.14. The van der Waals surface area contributed by atoms with Crippen LogP contribution in [0.5, 0.6) is 11.5 Å². The maximum atomic E-state index is 5.50. The molecule has 0 amide bonds. The Labute approximate surface area is 126 Å². The molecule has 1 N–H and O–H groups in total. The Hall–Kier alpha value is -1.33. The van der Waals surface area contributed by atoms with Gasteiger partial charge in [-0.25, -0.2) is 0 Å². The number of hydrogen-bond donors (Lipinski definition) is 1. The second-order valence-corrected chi connectivity index (χ2v) is 6.12. The van der Waals surface area contributed by atoms with Gasteiger partial charge in [0.15, 0.2) is 11.5 Å². The number of ether oxygens (including phenoxy) is 2. The minimum atomic E-state index is 0.512. The van der Waals surface area contributed by atoms with Crippen molar-refractivity contribution >= 4 is 0 Å². The largest absolute Gasteiger partial charge is 0.493 e. The summed E-state index contributed by atoms with van der Waals surface area (Å²) in [5.41, 5.74) is 0.958. The third kappa shape index (κ3) is 3.14. The summed E-state index contributed by atoms with van der Waals surface area (Å²) in [6.07, 6.45) is 4.54. The monoisotopic (exact) mass is 291 g/mol. The van der Waals surface area contributed by atoms with Crippen molar-refractivity contribution in [3.63, 3.8) is 0 Å². The minimum Gasteiger partial charge on any atom is -0.493 e. The van der Waals surface area contributed by atoms with Gasteiger partial charge in [-0.15, -0.1) is 0 Å². The molecule has 1 aliphatic heterocycles. The molecule has 2 aliphatic rings. The zero-order valence-electron chi connectivity index (χ0n) is 13.1. The van der Waals surface area contributed by atoms with Crippen LogP contribution in [0, 0.1) is 5.92 Å². The lowest BCUT2D eigenvalue weighted by atomic mass is 10.1. The Morgan fingerprint density at radius 2 is 2.14 bits per heavy atom. The molecule has 0 aromatic carbocycles. The van der Waals surface area contributed by atoms with Crippen LogP contribution >= 0.6 is 0 Å². The molecule has 2 heterocycles. The van der Waals surface area contributed by atoms with Crippen molar-refractivity contribution in [1.29, 1.82) is 0 Å². The maximum absolute atomic E-state index is 5.50.